The van der Waals surface area contributed by atoms with Gasteiger partial charge in [0.05, 0.1) is 29.3 Å². The molecule has 2 saturated heterocycles. The van der Waals surface area contributed by atoms with E-state index in [4.69, 9.17) is 4.74 Å². The predicted molar refractivity (Wildman–Crippen MR) is 109 cm³/mol. The number of aromatic nitrogens is 4. The third-order valence-corrected chi connectivity index (χ3v) is 6.75. The number of phenolic OH excluding ortho intramolecular Hbond substituents is 1. The number of halogens is 2. The van der Waals surface area contributed by atoms with Gasteiger partial charge in [-0.1, -0.05) is 0 Å². The van der Waals surface area contributed by atoms with E-state index >= 15 is 4.39 Å². The minimum Gasteiger partial charge on any atom is -0.507 e. The van der Waals surface area contributed by atoms with E-state index in [-0.39, 0.29) is 11.6 Å². The first-order chi connectivity index (χ1) is 14.8. The van der Waals surface area contributed by atoms with Crippen LogP contribution in [-0.4, -0.2) is 60.9 Å². The SMILES string of the molecule is CN1[C@H]2CC[C@]1(C)[C@@H](F)[C@@H](Oc1ccc(-c3ccc(-n4cc(F)cn4)cc3O)nn1)C2. The summed E-state index contributed by atoms with van der Waals surface area (Å²) in [5.74, 6) is -0.251. The lowest BCUT2D eigenvalue weighted by atomic mass is 9.87. The van der Waals surface area contributed by atoms with E-state index in [1.807, 2.05) is 14.0 Å². The molecule has 5 rings (SSSR count). The van der Waals surface area contributed by atoms with E-state index in [0.717, 1.165) is 19.0 Å². The number of fused-ring (bicyclic) bond motifs is 2. The van der Waals surface area contributed by atoms with Crippen molar-refractivity contribution in [3.63, 3.8) is 0 Å². The van der Waals surface area contributed by atoms with Gasteiger partial charge >= 0.3 is 0 Å². The Morgan fingerprint density at radius 1 is 1.23 bits per heavy atom. The number of piperidine rings is 1. The van der Waals surface area contributed by atoms with Gasteiger partial charge in [-0.05, 0) is 45.0 Å². The summed E-state index contributed by atoms with van der Waals surface area (Å²) in [5, 5.41) is 22.5. The zero-order valence-corrected chi connectivity index (χ0v) is 17.2. The van der Waals surface area contributed by atoms with Crippen molar-refractivity contribution in [1.82, 2.24) is 24.9 Å². The standard InChI is InChI=1S/C22H23F2N5O2/c1-22-8-7-14(28(22)2)10-19(21(22)24)31-20-6-5-17(26-27-20)16-4-3-15(9-18(16)30)29-12-13(23)11-25-29/h3-6,9,11-12,14,19,21,30H,7-8,10H2,1-2H3/t14-,19-,21-,22+/m0/s1. The van der Waals surface area contributed by atoms with E-state index in [1.54, 1.807) is 24.3 Å². The molecule has 162 valence electrons. The van der Waals surface area contributed by atoms with Crippen molar-refractivity contribution in [3.05, 3.63) is 48.5 Å². The van der Waals surface area contributed by atoms with Crippen LogP contribution < -0.4 is 4.74 Å². The molecule has 9 heteroatoms. The second-order valence-electron chi connectivity index (χ2n) is 8.52. The van der Waals surface area contributed by atoms with Gasteiger partial charge in [-0.3, -0.25) is 4.90 Å². The smallest absolute Gasteiger partial charge is 0.233 e. The Kier molecular flexibility index (Phi) is 4.65. The van der Waals surface area contributed by atoms with Gasteiger partial charge in [-0.25, -0.2) is 13.5 Å². The summed E-state index contributed by atoms with van der Waals surface area (Å²) < 4.78 is 35.5. The molecule has 7 nitrogen and oxygen atoms in total. The number of ether oxygens (including phenoxy) is 1. The van der Waals surface area contributed by atoms with Crippen LogP contribution in [0.3, 0.4) is 0 Å². The van der Waals surface area contributed by atoms with Gasteiger partial charge in [0.25, 0.3) is 0 Å². The summed E-state index contributed by atoms with van der Waals surface area (Å²) >= 11 is 0. The van der Waals surface area contributed by atoms with Gasteiger partial charge in [0, 0.05) is 30.2 Å². The number of hydrogen-bond acceptors (Lipinski definition) is 6. The van der Waals surface area contributed by atoms with E-state index in [0.29, 0.717) is 29.4 Å². The maximum absolute atomic E-state index is 15.2. The number of nitrogens with zero attached hydrogens (tertiary/aromatic N) is 5. The van der Waals surface area contributed by atoms with Gasteiger partial charge in [-0.2, -0.15) is 5.10 Å². The van der Waals surface area contributed by atoms with Crippen LogP contribution in [0.2, 0.25) is 0 Å². The lowest BCUT2D eigenvalue weighted by Crippen LogP contribution is -2.60. The van der Waals surface area contributed by atoms with E-state index in [1.165, 1.54) is 16.9 Å². The molecule has 1 aromatic carbocycles. The molecule has 31 heavy (non-hydrogen) atoms. The number of hydrogen-bond donors (Lipinski definition) is 1. The van der Waals surface area contributed by atoms with Crippen LogP contribution in [0.4, 0.5) is 8.78 Å². The quantitative estimate of drug-likeness (QED) is 0.687. The van der Waals surface area contributed by atoms with Crippen LogP contribution >= 0.6 is 0 Å². The molecule has 2 aliphatic rings. The number of rotatable bonds is 4. The summed E-state index contributed by atoms with van der Waals surface area (Å²) in [4.78, 5) is 2.14. The lowest BCUT2D eigenvalue weighted by Gasteiger charge is -2.45. The van der Waals surface area contributed by atoms with Crippen LogP contribution in [0.1, 0.15) is 26.2 Å². The molecule has 2 aliphatic heterocycles. The van der Waals surface area contributed by atoms with Gasteiger partial charge in [0.1, 0.15) is 11.9 Å². The van der Waals surface area contributed by atoms with E-state index in [2.05, 4.69) is 20.2 Å². The number of aromatic hydroxyl groups is 1. The minimum atomic E-state index is -1.11. The molecule has 3 aromatic rings. The zero-order valence-electron chi connectivity index (χ0n) is 17.2. The Morgan fingerprint density at radius 3 is 2.74 bits per heavy atom. The van der Waals surface area contributed by atoms with Crippen molar-refractivity contribution in [2.45, 2.75) is 50.0 Å². The molecular weight excluding hydrogens is 404 g/mol. The summed E-state index contributed by atoms with van der Waals surface area (Å²) in [7, 11) is 1.98. The molecule has 0 amide bonds. The van der Waals surface area contributed by atoms with Gasteiger partial charge in [0.2, 0.25) is 5.88 Å². The fourth-order valence-electron chi connectivity index (χ4n) is 4.75. The highest BCUT2D eigenvalue weighted by atomic mass is 19.1. The first-order valence-electron chi connectivity index (χ1n) is 10.3. The molecule has 0 unspecified atom stereocenters. The maximum Gasteiger partial charge on any atom is 0.233 e. The number of phenols is 1. The molecule has 2 aromatic heterocycles. The third-order valence-electron chi connectivity index (χ3n) is 6.75. The maximum atomic E-state index is 15.2. The fourth-order valence-corrected chi connectivity index (χ4v) is 4.75. The highest BCUT2D eigenvalue weighted by molar-refractivity contribution is 5.68. The van der Waals surface area contributed by atoms with Gasteiger partial charge in [-0.15, -0.1) is 10.2 Å². The highest BCUT2D eigenvalue weighted by Gasteiger charge is 2.55. The first kappa shape index (κ1) is 19.9. The average molecular weight is 427 g/mol. The predicted octanol–water partition coefficient (Wildman–Crippen LogP) is 3.52. The van der Waals surface area contributed by atoms with Crippen molar-refractivity contribution in [3.8, 4) is 28.6 Å². The normalized spacial score (nSPS) is 28.1. The van der Waals surface area contributed by atoms with E-state index in [9.17, 15) is 9.50 Å². The largest absolute Gasteiger partial charge is 0.507 e. The molecule has 2 bridgehead atoms. The Morgan fingerprint density at radius 2 is 2.06 bits per heavy atom. The highest BCUT2D eigenvalue weighted by Crippen LogP contribution is 2.45. The van der Waals surface area contributed by atoms with E-state index < -0.39 is 23.6 Å². The second kappa shape index (κ2) is 7.26. The molecule has 0 spiro atoms. The van der Waals surface area contributed by atoms with Crippen LogP contribution in [-0.2, 0) is 0 Å². The molecular formula is C22H23F2N5O2. The molecule has 2 fully saturated rings. The lowest BCUT2D eigenvalue weighted by molar-refractivity contribution is -0.0596. The molecule has 0 saturated carbocycles. The Balaban J connectivity index is 1.33. The van der Waals surface area contributed by atoms with Crippen molar-refractivity contribution < 1.29 is 18.6 Å². The summed E-state index contributed by atoms with van der Waals surface area (Å²) in [6, 6.07) is 8.43. The summed E-state index contributed by atoms with van der Waals surface area (Å²) in [6.07, 6.45) is 3.05. The molecule has 1 N–H and O–H groups in total. The molecule has 0 radical (unpaired) electrons. The fraction of sp³-hybridized carbons (Fsp3) is 0.409. The van der Waals surface area contributed by atoms with Crippen molar-refractivity contribution in [2.75, 3.05) is 7.05 Å². The van der Waals surface area contributed by atoms with Crippen LogP contribution in [0.5, 0.6) is 11.6 Å². The molecule has 0 aliphatic carbocycles. The van der Waals surface area contributed by atoms with Crippen LogP contribution in [0, 0.1) is 5.82 Å². The number of alkyl halides is 1. The summed E-state index contributed by atoms with van der Waals surface area (Å²) in [5.41, 5.74) is 0.905. The van der Waals surface area contributed by atoms with Crippen molar-refractivity contribution >= 4 is 0 Å². The average Bonchev–Trinajstić information content (AvgIpc) is 3.28. The zero-order chi connectivity index (χ0) is 21.8. The monoisotopic (exact) mass is 427 g/mol. The van der Waals surface area contributed by atoms with Crippen LogP contribution in [0.25, 0.3) is 16.9 Å². The van der Waals surface area contributed by atoms with Gasteiger partial charge in [0.15, 0.2) is 12.0 Å². The third kappa shape index (κ3) is 3.33. The minimum absolute atomic E-state index is 0.0417. The topological polar surface area (TPSA) is 76.3 Å². The summed E-state index contributed by atoms with van der Waals surface area (Å²) in [6.45, 7) is 1.95. The number of benzene rings is 1. The van der Waals surface area contributed by atoms with Crippen molar-refractivity contribution in [1.29, 1.82) is 0 Å². The van der Waals surface area contributed by atoms with Crippen LogP contribution in [0.15, 0.2) is 42.7 Å². The Hall–Kier alpha value is -3.07. The van der Waals surface area contributed by atoms with Gasteiger partial charge < -0.3 is 9.84 Å². The first-order valence-corrected chi connectivity index (χ1v) is 10.3. The molecule has 4 atom stereocenters. The Labute approximate surface area is 178 Å². The Bertz CT molecular complexity index is 1110. The van der Waals surface area contributed by atoms with Crippen molar-refractivity contribution in [2.24, 2.45) is 0 Å². The second-order valence-corrected chi connectivity index (χ2v) is 8.52. The molecule has 4 heterocycles.